The van der Waals surface area contributed by atoms with Crippen molar-refractivity contribution in [1.82, 2.24) is 10.2 Å². The SMILES string of the molecule is O=C1CCCC(N2C(=O)c3ccccc3C2=O)C(=O)N1. The third-order valence-electron chi connectivity index (χ3n) is 3.58. The van der Waals surface area contributed by atoms with Gasteiger partial charge in [-0.3, -0.25) is 29.4 Å². The lowest BCUT2D eigenvalue weighted by molar-refractivity contribution is -0.131. The summed E-state index contributed by atoms with van der Waals surface area (Å²) in [4.78, 5) is 48.8. The Morgan fingerprint density at radius 2 is 1.60 bits per heavy atom. The fraction of sp³-hybridized carbons (Fsp3) is 0.286. The van der Waals surface area contributed by atoms with Gasteiger partial charge in [0.25, 0.3) is 11.8 Å². The van der Waals surface area contributed by atoms with Crippen molar-refractivity contribution in [1.29, 1.82) is 0 Å². The maximum Gasteiger partial charge on any atom is 0.262 e. The molecule has 0 radical (unpaired) electrons. The van der Waals surface area contributed by atoms with E-state index in [9.17, 15) is 19.2 Å². The molecule has 1 fully saturated rings. The van der Waals surface area contributed by atoms with Crippen molar-refractivity contribution in [2.45, 2.75) is 25.3 Å². The lowest BCUT2D eigenvalue weighted by Crippen LogP contribution is -2.49. The molecule has 2 heterocycles. The minimum absolute atomic E-state index is 0.228. The van der Waals surface area contributed by atoms with Gasteiger partial charge in [-0.1, -0.05) is 12.1 Å². The number of nitrogens with one attached hydrogen (secondary N) is 1. The van der Waals surface area contributed by atoms with E-state index < -0.39 is 23.8 Å². The summed E-state index contributed by atoms with van der Waals surface area (Å²) < 4.78 is 0. The van der Waals surface area contributed by atoms with E-state index in [4.69, 9.17) is 0 Å². The van der Waals surface area contributed by atoms with Crippen LogP contribution in [0.15, 0.2) is 24.3 Å². The molecule has 1 N–H and O–H groups in total. The van der Waals surface area contributed by atoms with Gasteiger partial charge in [-0.05, 0) is 25.0 Å². The van der Waals surface area contributed by atoms with Crippen LogP contribution < -0.4 is 5.32 Å². The van der Waals surface area contributed by atoms with Crippen LogP contribution in [0, 0.1) is 0 Å². The van der Waals surface area contributed by atoms with E-state index in [0.717, 1.165) is 4.90 Å². The quantitative estimate of drug-likeness (QED) is 0.754. The number of benzene rings is 1. The van der Waals surface area contributed by atoms with Gasteiger partial charge in [0.2, 0.25) is 11.8 Å². The van der Waals surface area contributed by atoms with Crippen LogP contribution in [0.1, 0.15) is 40.0 Å². The Bertz CT molecular complexity index is 603. The molecule has 3 rings (SSSR count). The number of imide groups is 2. The van der Waals surface area contributed by atoms with E-state index in [-0.39, 0.29) is 12.3 Å². The van der Waals surface area contributed by atoms with Gasteiger partial charge in [0.1, 0.15) is 6.04 Å². The summed E-state index contributed by atoms with van der Waals surface area (Å²) >= 11 is 0. The van der Waals surface area contributed by atoms with Gasteiger partial charge in [-0.15, -0.1) is 0 Å². The van der Waals surface area contributed by atoms with Gasteiger partial charge >= 0.3 is 0 Å². The standard InChI is InChI=1S/C14H12N2O4/c17-11-7-3-6-10(12(18)15-11)16-13(19)8-4-1-2-5-9(8)14(16)20/h1-2,4-5,10H,3,6-7H2,(H,15,17,18). The molecule has 0 aliphatic carbocycles. The van der Waals surface area contributed by atoms with Crippen LogP contribution in [0.5, 0.6) is 0 Å². The first-order chi connectivity index (χ1) is 9.59. The summed E-state index contributed by atoms with van der Waals surface area (Å²) in [6.07, 6.45) is 1.00. The molecule has 2 aliphatic heterocycles. The Balaban J connectivity index is 1.96. The highest BCUT2D eigenvalue weighted by Crippen LogP contribution is 2.27. The van der Waals surface area contributed by atoms with Crippen molar-refractivity contribution in [2.24, 2.45) is 0 Å². The zero-order valence-electron chi connectivity index (χ0n) is 10.6. The summed E-state index contributed by atoms with van der Waals surface area (Å²) in [7, 11) is 0. The second kappa shape index (κ2) is 4.56. The van der Waals surface area contributed by atoms with Crippen molar-refractivity contribution < 1.29 is 19.2 Å². The summed E-state index contributed by atoms with van der Waals surface area (Å²) in [5.74, 6) is -1.89. The maximum atomic E-state index is 12.3. The average Bonchev–Trinajstić information content (AvgIpc) is 2.57. The third-order valence-corrected chi connectivity index (χ3v) is 3.58. The first-order valence-electron chi connectivity index (χ1n) is 6.40. The maximum absolute atomic E-state index is 12.3. The van der Waals surface area contributed by atoms with Crippen LogP contribution >= 0.6 is 0 Å². The van der Waals surface area contributed by atoms with Crippen molar-refractivity contribution in [2.75, 3.05) is 0 Å². The van der Waals surface area contributed by atoms with Crippen LogP contribution in [0.25, 0.3) is 0 Å². The van der Waals surface area contributed by atoms with Crippen LogP contribution in [-0.2, 0) is 9.59 Å². The number of carbonyl (C=O) groups is 4. The zero-order chi connectivity index (χ0) is 14.3. The molecule has 1 saturated heterocycles. The first kappa shape index (κ1) is 12.5. The zero-order valence-corrected chi connectivity index (χ0v) is 10.6. The van der Waals surface area contributed by atoms with E-state index in [1.807, 2.05) is 0 Å². The summed E-state index contributed by atoms with van der Waals surface area (Å²) in [6.45, 7) is 0. The number of nitrogens with zero attached hydrogens (tertiary/aromatic N) is 1. The largest absolute Gasteiger partial charge is 0.295 e. The fourth-order valence-corrected chi connectivity index (χ4v) is 2.61. The molecule has 0 saturated carbocycles. The molecular weight excluding hydrogens is 260 g/mol. The lowest BCUT2D eigenvalue weighted by Gasteiger charge is -2.22. The van der Waals surface area contributed by atoms with Crippen LogP contribution in [0.3, 0.4) is 0 Å². The normalized spacial score (nSPS) is 22.6. The minimum Gasteiger partial charge on any atom is -0.295 e. The van der Waals surface area contributed by atoms with Crippen molar-refractivity contribution in [3.05, 3.63) is 35.4 Å². The van der Waals surface area contributed by atoms with Crippen LogP contribution in [0.4, 0.5) is 0 Å². The highest BCUT2D eigenvalue weighted by molar-refractivity contribution is 6.23. The van der Waals surface area contributed by atoms with E-state index in [1.165, 1.54) is 0 Å². The van der Waals surface area contributed by atoms with Crippen LogP contribution in [0.2, 0.25) is 0 Å². The molecule has 0 aromatic heterocycles. The van der Waals surface area contributed by atoms with Gasteiger partial charge in [0.05, 0.1) is 11.1 Å². The number of hydrogen-bond donors (Lipinski definition) is 1. The molecule has 0 spiro atoms. The molecule has 2 aliphatic rings. The Morgan fingerprint density at radius 3 is 2.20 bits per heavy atom. The molecule has 102 valence electrons. The molecule has 6 heteroatoms. The third kappa shape index (κ3) is 1.80. The number of fused-ring (bicyclic) bond motifs is 1. The molecule has 0 bridgehead atoms. The number of carbonyl (C=O) groups excluding carboxylic acids is 4. The number of amides is 4. The van der Waals surface area contributed by atoms with Crippen molar-refractivity contribution in [3.63, 3.8) is 0 Å². The van der Waals surface area contributed by atoms with Gasteiger partial charge in [0, 0.05) is 6.42 Å². The van der Waals surface area contributed by atoms with Crippen molar-refractivity contribution >= 4 is 23.6 Å². The predicted octanol–water partition coefficient (Wildman–Crippen LogP) is 0.478. The van der Waals surface area contributed by atoms with Gasteiger partial charge in [-0.25, -0.2) is 0 Å². The van der Waals surface area contributed by atoms with E-state index in [0.29, 0.717) is 24.0 Å². The van der Waals surface area contributed by atoms with Gasteiger partial charge < -0.3 is 0 Å². The molecule has 1 aromatic rings. The second-order valence-corrected chi connectivity index (χ2v) is 4.85. The lowest BCUT2D eigenvalue weighted by atomic mass is 10.1. The average molecular weight is 272 g/mol. The monoisotopic (exact) mass is 272 g/mol. The van der Waals surface area contributed by atoms with Crippen LogP contribution in [-0.4, -0.2) is 34.6 Å². The predicted molar refractivity (Wildman–Crippen MR) is 67.7 cm³/mol. The summed E-state index contributed by atoms with van der Waals surface area (Å²) in [6, 6.07) is 5.56. The second-order valence-electron chi connectivity index (χ2n) is 4.85. The Hall–Kier alpha value is -2.50. The highest BCUT2D eigenvalue weighted by Gasteiger charge is 2.43. The molecule has 1 aromatic carbocycles. The van der Waals surface area contributed by atoms with E-state index in [2.05, 4.69) is 5.32 Å². The molecule has 1 unspecified atom stereocenters. The number of hydrogen-bond acceptors (Lipinski definition) is 4. The van der Waals surface area contributed by atoms with Crippen molar-refractivity contribution in [3.8, 4) is 0 Å². The fourth-order valence-electron chi connectivity index (χ4n) is 2.61. The Labute approximate surface area is 114 Å². The highest BCUT2D eigenvalue weighted by atomic mass is 16.2. The molecule has 20 heavy (non-hydrogen) atoms. The first-order valence-corrected chi connectivity index (χ1v) is 6.40. The topological polar surface area (TPSA) is 83.6 Å². The van der Waals surface area contributed by atoms with Gasteiger partial charge in [0.15, 0.2) is 0 Å². The summed E-state index contributed by atoms with van der Waals surface area (Å²) in [5, 5.41) is 2.21. The molecule has 1 atom stereocenters. The number of rotatable bonds is 1. The smallest absolute Gasteiger partial charge is 0.262 e. The molecule has 4 amide bonds. The summed E-state index contributed by atoms with van der Waals surface area (Å²) in [5.41, 5.74) is 0.613. The molecule has 6 nitrogen and oxygen atoms in total. The molecular formula is C14H12N2O4. The van der Waals surface area contributed by atoms with Gasteiger partial charge in [-0.2, -0.15) is 0 Å². The Morgan fingerprint density at radius 1 is 1.00 bits per heavy atom. The van der Waals surface area contributed by atoms with E-state index >= 15 is 0 Å². The Kier molecular flexibility index (Phi) is 2.85. The van der Waals surface area contributed by atoms with E-state index in [1.54, 1.807) is 24.3 Å². The minimum atomic E-state index is -0.908.